The van der Waals surface area contributed by atoms with Crippen LogP contribution in [0.4, 0.5) is 0 Å². The Kier molecular flexibility index (Phi) is 11.8. The molecule has 0 spiro atoms. The molecule has 2 heteroatoms. The second-order valence-electron chi connectivity index (χ2n) is 24.6. The van der Waals surface area contributed by atoms with Gasteiger partial charge in [0, 0.05) is 45.8 Å². The first kappa shape index (κ1) is 51.7. The summed E-state index contributed by atoms with van der Waals surface area (Å²) < 4.78 is 5.38. The predicted molar refractivity (Wildman–Crippen MR) is 388 cm³/mol. The maximum Gasteiger partial charge on any atom is 0.0433 e. The fourth-order valence-corrected chi connectivity index (χ4v) is 17.5. The molecule has 0 N–H and O–H groups in total. The van der Waals surface area contributed by atoms with E-state index in [1.54, 1.807) is 0 Å². The summed E-state index contributed by atoms with van der Waals surface area (Å²) >= 11 is 3.78. The van der Waals surface area contributed by atoms with Gasteiger partial charge in [-0.05, 0) is 191 Å². The molecule has 18 aromatic rings. The molecule has 2 aromatic heterocycles. The maximum absolute atomic E-state index is 2.42. The minimum atomic E-state index is 0.00687. The first-order chi connectivity index (χ1) is 43.9. The molecule has 0 amide bonds. The Bertz CT molecular complexity index is 5930. The number of hydrogen-bond donors (Lipinski definition) is 0. The third kappa shape index (κ3) is 8.25. The van der Waals surface area contributed by atoms with E-state index in [4.69, 9.17) is 0 Å². The molecule has 0 saturated carbocycles. The molecular formula is C87H56S2. The first-order valence-corrected chi connectivity index (χ1v) is 32.5. The minimum Gasteiger partial charge on any atom is -0.135 e. The Morgan fingerprint density at radius 1 is 0.202 bits per heavy atom. The monoisotopic (exact) mass is 1160 g/mol. The lowest BCUT2D eigenvalue weighted by Crippen LogP contribution is -2.14. The van der Waals surface area contributed by atoms with Crippen molar-refractivity contribution in [1.29, 1.82) is 0 Å². The molecule has 1 aliphatic carbocycles. The highest BCUT2D eigenvalue weighted by Gasteiger charge is 2.34. The normalized spacial score (nSPS) is 12.7. The first-order valence-electron chi connectivity index (χ1n) is 30.9. The second kappa shape index (κ2) is 20.3. The molecule has 0 atom stereocenters. The van der Waals surface area contributed by atoms with Crippen LogP contribution in [-0.2, 0) is 5.41 Å². The van der Waals surface area contributed by atoms with Crippen LogP contribution in [0, 0.1) is 0 Å². The van der Waals surface area contributed by atoms with Crippen LogP contribution in [0.5, 0.6) is 0 Å². The molecular weight excluding hydrogens is 1110 g/mol. The van der Waals surface area contributed by atoms with Crippen LogP contribution in [0.3, 0.4) is 0 Å². The third-order valence-electron chi connectivity index (χ3n) is 19.3. The summed E-state index contributed by atoms with van der Waals surface area (Å²) in [4.78, 5) is 0. The largest absolute Gasteiger partial charge is 0.135 e. The fourth-order valence-electron chi connectivity index (χ4n) is 15.0. The molecule has 0 unspecified atom stereocenters. The zero-order valence-corrected chi connectivity index (χ0v) is 50.8. The lowest BCUT2D eigenvalue weighted by Gasteiger charge is -2.21. The zero-order chi connectivity index (χ0) is 58.9. The standard InChI is InChI=1S/C45H30S.C42H26S/c1-45(2)39-19-8-16-35-33-23-22-30(26-38(33)36-17-9-20-40(45)43(36)42(35)39)28-11-5-10-27(24-28)29-12-6-13-31(25-29)32-15-7-18-37-34-14-3-4-21-41(34)46-44(32)37;1-2-16-35-33(14-1)34-15-3-4-17-36(34)40-26-30(22-23-37(35)40)28-11-7-10-27(24-28)29-12-8-13-31(25-29)32-19-9-20-39-38-18-5-6-21-41(38)43-42(32)39/h3-26H,1-2H3;1-26H. The second-order valence-corrected chi connectivity index (χ2v) is 26.7. The number of thiophene rings is 2. The van der Waals surface area contributed by atoms with Crippen molar-refractivity contribution in [2.45, 2.75) is 19.3 Å². The van der Waals surface area contributed by atoms with Gasteiger partial charge in [-0.3, -0.25) is 0 Å². The van der Waals surface area contributed by atoms with Crippen molar-refractivity contribution < 1.29 is 0 Å². The Labute approximate surface area is 524 Å². The van der Waals surface area contributed by atoms with Crippen molar-refractivity contribution >= 4 is 128 Å². The van der Waals surface area contributed by atoms with E-state index in [1.807, 2.05) is 22.7 Å². The molecule has 416 valence electrons. The highest BCUT2D eigenvalue weighted by molar-refractivity contribution is 7.26. The Morgan fingerprint density at radius 3 is 0.921 bits per heavy atom. The summed E-state index contributed by atoms with van der Waals surface area (Å²) in [5.41, 5.74) is 17.9. The Morgan fingerprint density at radius 2 is 0.483 bits per heavy atom. The molecule has 0 fully saturated rings. The van der Waals surface area contributed by atoms with Crippen LogP contribution in [0.25, 0.3) is 172 Å². The van der Waals surface area contributed by atoms with Crippen LogP contribution in [0.2, 0.25) is 0 Å². The number of hydrogen-bond acceptors (Lipinski definition) is 2. The maximum atomic E-state index is 2.42. The van der Waals surface area contributed by atoms with E-state index >= 15 is 0 Å². The van der Waals surface area contributed by atoms with Crippen LogP contribution < -0.4 is 0 Å². The minimum absolute atomic E-state index is 0.00687. The van der Waals surface area contributed by atoms with Crippen molar-refractivity contribution in [3.8, 4) is 66.8 Å². The summed E-state index contributed by atoms with van der Waals surface area (Å²) in [6.07, 6.45) is 0. The SMILES string of the molecule is CC1(C)c2cccc3c4ccc(-c5cccc(-c6cccc(-c7cccc8c7sc7ccccc78)c6)c5)cc4c4cccc1c4c23.c1cc(-c2cccc(-c3cccc4c3sc3ccccc34)c2)cc(-c2ccc3c4ccccc4c4ccccc4c3c2)c1. The van der Waals surface area contributed by atoms with Gasteiger partial charge in [-0.15, -0.1) is 22.7 Å². The molecule has 19 rings (SSSR count). The van der Waals surface area contributed by atoms with Gasteiger partial charge in [-0.1, -0.05) is 269 Å². The van der Waals surface area contributed by atoms with Crippen LogP contribution >= 0.6 is 22.7 Å². The Hall–Kier alpha value is -10.5. The fraction of sp³-hybridized carbons (Fsp3) is 0.0345. The molecule has 0 radical (unpaired) electrons. The molecule has 0 bridgehead atoms. The summed E-state index contributed by atoms with van der Waals surface area (Å²) in [5.74, 6) is 0. The van der Waals surface area contributed by atoms with Crippen molar-refractivity contribution in [3.63, 3.8) is 0 Å². The number of fused-ring (bicyclic) bond motifs is 15. The van der Waals surface area contributed by atoms with Gasteiger partial charge in [0.15, 0.2) is 0 Å². The van der Waals surface area contributed by atoms with Gasteiger partial charge < -0.3 is 0 Å². The quantitative estimate of drug-likeness (QED) is 0.146. The van der Waals surface area contributed by atoms with Crippen molar-refractivity contribution in [2.24, 2.45) is 0 Å². The van der Waals surface area contributed by atoms with E-state index in [2.05, 4.69) is 317 Å². The Balaban J connectivity index is 0.000000133. The highest BCUT2D eigenvalue weighted by atomic mass is 32.1. The van der Waals surface area contributed by atoms with E-state index in [0.29, 0.717) is 0 Å². The summed E-state index contributed by atoms with van der Waals surface area (Å²) in [6.45, 7) is 4.74. The van der Waals surface area contributed by atoms with E-state index in [1.165, 1.54) is 183 Å². The smallest absolute Gasteiger partial charge is 0.0433 e. The molecule has 1 aliphatic rings. The summed E-state index contributed by atoms with van der Waals surface area (Å²) in [5, 5.41) is 21.4. The third-order valence-corrected chi connectivity index (χ3v) is 21.7. The van der Waals surface area contributed by atoms with Crippen LogP contribution in [0.1, 0.15) is 25.0 Å². The van der Waals surface area contributed by atoms with Gasteiger partial charge in [0.05, 0.1) is 0 Å². The average Bonchev–Trinajstić information content (AvgIpc) is 1.59. The topological polar surface area (TPSA) is 0 Å². The van der Waals surface area contributed by atoms with Crippen molar-refractivity contribution in [2.75, 3.05) is 0 Å². The molecule has 0 nitrogen and oxygen atoms in total. The predicted octanol–water partition coefficient (Wildman–Crippen LogP) is 25.7. The zero-order valence-electron chi connectivity index (χ0n) is 49.2. The van der Waals surface area contributed by atoms with E-state index in [-0.39, 0.29) is 5.41 Å². The number of rotatable bonds is 6. The van der Waals surface area contributed by atoms with Gasteiger partial charge in [-0.2, -0.15) is 0 Å². The van der Waals surface area contributed by atoms with E-state index in [9.17, 15) is 0 Å². The van der Waals surface area contributed by atoms with Crippen molar-refractivity contribution in [1.82, 2.24) is 0 Å². The molecule has 89 heavy (non-hydrogen) atoms. The highest BCUT2D eigenvalue weighted by Crippen LogP contribution is 2.52. The van der Waals surface area contributed by atoms with Crippen LogP contribution in [-0.4, -0.2) is 0 Å². The molecule has 16 aromatic carbocycles. The summed E-state index contributed by atoms with van der Waals surface area (Å²) in [7, 11) is 0. The molecule has 0 saturated heterocycles. The van der Waals surface area contributed by atoms with Gasteiger partial charge in [0.25, 0.3) is 0 Å². The van der Waals surface area contributed by atoms with Crippen LogP contribution in [0.15, 0.2) is 303 Å². The van der Waals surface area contributed by atoms with Gasteiger partial charge in [-0.25, -0.2) is 0 Å². The summed E-state index contributed by atoms with van der Waals surface area (Å²) in [6, 6.07) is 112. The van der Waals surface area contributed by atoms with E-state index in [0.717, 1.165) is 0 Å². The van der Waals surface area contributed by atoms with Gasteiger partial charge in [0.1, 0.15) is 0 Å². The number of benzene rings is 16. The lowest BCUT2D eigenvalue weighted by atomic mass is 9.82. The van der Waals surface area contributed by atoms with Gasteiger partial charge in [0.2, 0.25) is 0 Å². The average molecular weight is 1170 g/mol. The van der Waals surface area contributed by atoms with E-state index < -0.39 is 0 Å². The lowest BCUT2D eigenvalue weighted by molar-refractivity contribution is 0.663. The van der Waals surface area contributed by atoms with Gasteiger partial charge >= 0.3 is 0 Å². The molecule has 0 aliphatic heterocycles. The molecule has 2 heterocycles. The van der Waals surface area contributed by atoms with Crippen molar-refractivity contribution in [3.05, 3.63) is 314 Å².